The van der Waals surface area contributed by atoms with E-state index in [1.54, 1.807) is 12.1 Å². The summed E-state index contributed by atoms with van der Waals surface area (Å²) in [6.07, 6.45) is 0. The fourth-order valence-corrected chi connectivity index (χ4v) is 3.92. The molecule has 0 saturated carbocycles. The van der Waals surface area contributed by atoms with E-state index in [2.05, 4.69) is 31.9 Å². The lowest BCUT2D eigenvalue weighted by Gasteiger charge is -2.18. The van der Waals surface area contributed by atoms with Gasteiger partial charge >= 0.3 is 0 Å². The topological polar surface area (TPSA) is 50.4 Å². The number of rotatable bonds is 1. The molecule has 0 fully saturated rings. The minimum absolute atomic E-state index is 0.0840. The summed E-state index contributed by atoms with van der Waals surface area (Å²) >= 11 is 6.75. The Morgan fingerprint density at radius 3 is 2.44 bits per heavy atom. The van der Waals surface area contributed by atoms with E-state index in [1.807, 2.05) is 37.3 Å². The Labute approximate surface area is 160 Å². The summed E-state index contributed by atoms with van der Waals surface area (Å²) in [7, 11) is 0. The van der Waals surface area contributed by atoms with Crippen molar-refractivity contribution in [3.05, 3.63) is 73.3 Å². The maximum absolute atomic E-state index is 12.1. The van der Waals surface area contributed by atoms with Gasteiger partial charge in [-0.1, -0.05) is 24.3 Å². The fourth-order valence-electron chi connectivity index (χ4n) is 3.07. The van der Waals surface area contributed by atoms with E-state index >= 15 is 0 Å². The van der Waals surface area contributed by atoms with Gasteiger partial charge in [0.2, 0.25) is 0 Å². The third-order valence-corrected chi connectivity index (χ3v) is 5.81. The molecule has 124 valence electrons. The zero-order chi connectivity index (χ0) is 17.7. The van der Waals surface area contributed by atoms with Crippen LogP contribution < -0.4 is 5.43 Å². The highest BCUT2D eigenvalue weighted by molar-refractivity contribution is 9.11. The van der Waals surface area contributed by atoms with Gasteiger partial charge in [-0.25, -0.2) is 0 Å². The van der Waals surface area contributed by atoms with Crippen LogP contribution >= 0.6 is 31.9 Å². The van der Waals surface area contributed by atoms with E-state index in [1.165, 1.54) is 6.07 Å². The van der Waals surface area contributed by atoms with Crippen LogP contribution in [0.4, 0.5) is 0 Å². The standard InChI is InChI=1S/C20H12Br2O3/c1-10-4-2-3-5-11(10)16-12-6-8-14(23)17(21)19(12)25-20-13(16)7-9-15(24)18(20)22/h2-9,23H,1H3. The molecule has 1 heterocycles. The maximum atomic E-state index is 12.1. The highest BCUT2D eigenvalue weighted by Crippen LogP contribution is 2.46. The summed E-state index contributed by atoms with van der Waals surface area (Å²) in [6.45, 7) is 2.05. The normalized spacial score (nSPS) is 11.3. The van der Waals surface area contributed by atoms with Crippen molar-refractivity contribution in [2.75, 3.05) is 0 Å². The van der Waals surface area contributed by atoms with E-state index < -0.39 is 0 Å². The van der Waals surface area contributed by atoms with Crippen molar-refractivity contribution in [1.82, 2.24) is 0 Å². The lowest BCUT2D eigenvalue weighted by molar-refractivity contribution is 0.470. The van der Waals surface area contributed by atoms with E-state index in [4.69, 9.17) is 4.42 Å². The number of hydrogen-bond donors (Lipinski definition) is 1. The van der Waals surface area contributed by atoms with Crippen molar-refractivity contribution in [3.63, 3.8) is 0 Å². The lowest BCUT2D eigenvalue weighted by atomic mass is 9.91. The average molecular weight is 460 g/mol. The van der Waals surface area contributed by atoms with Crippen LogP contribution in [0.5, 0.6) is 5.75 Å². The van der Waals surface area contributed by atoms with Crippen molar-refractivity contribution >= 4 is 42.8 Å². The number of phenols is 1. The molecule has 1 aliphatic heterocycles. The van der Waals surface area contributed by atoms with Gasteiger partial charge in [-0.15, -0.1) is 0 Å². The Hall–Kier alpha value is -2.11. The van der Waals surface area contributed by atoms with Crippen molar-refractivity contribution < 1.29 is 9.52 Å². The first kappa shape index (κ1) is 16.4. The highest BCUT2D eigenvalue weighted by atomic mass is 79.9. The minimum atomic E-state index is -0.150. The van der Waals surface area contributed by atoms with Gasteiger partial charge in [-0.05, 0) is 74.2 Å². The summed E-state index contributed by atoms with van der Waals surface area (Å²) in [4.78, 5) is 12.1. The monoisotopic (exact) mass is 458 g/mol. The third-order valence-electron chi connectivity index (χ3n) is 4.30. The van der Waals surface area contributed by atoms with Crippen LogP contribution in [0.1, 0.15) is 5.56 Å². The molecule has 1 aliphatic carbocycles. The number of aryl methyl sites for hydroxylation is 1. The van der Waals surface area contributed by atoms with Gasteiger partial charge in [0.05, 0.1) is 0 Å². The molecule has 0 amide bonds. The van der Waals surface area contributed by atoms with E-state index in [0.717, 1.165) is 27.6 Å². The number of aromatic hydroxyl groups is 1. The highest BCUT2D eigenvalue weighted by Gasteiger charge is 2.23. The largest absolute Gasteiger partial charge is 0.507 e. The summed E-state index contributed by atoms with van der Waals surface area (Å²) < 4.78 is 6.85. The Balaban J connectivity index is 2.30. The van der Waals surface area contributed by atoms with Gasteiger partial charge in [0, 0.05) is 16.5 Å². The molecule has 25 heavy (non-hydrogen) atoms. The van der Waals surface area contributed by atoms with Gasteiger partial charge in [-0.3, -0.25) is 4.79 Å². The molecule has 2 aromatic rings. The lowest BCUT2D eigenvalue weighted by Crippen LogP contribution is -2.04. The molecule has 1 N–H and O–H groups in total. The van der Waals surface area contributed by atoms with Crippen LogP contribution in [0.3, 0.4) is 0 Å². The zero-order valence-corrected chi connectivity index (χ0v) is 16.3. The predicted molar refractivity (Wildman–Crippen MR) is 106 cm³/mol. The molecule has 2 aromatic carbocycles. The van der Waals surface area contributed by atoms with Gasteiger partial charge < -0.3 is 9.52 Å². The van der Waals surface area contributed by atoms with Crippen molar-refractivity contribution in [3.8, 4) is 28.2 Å². The second-order valence-corrected chi connectivity index (χ2v) is 7.41. The maximum Gasteiger partial charge on any atom is 0.196 e. The first-order chi connectivity index (χ1) is 12.0. The fraction of sp³-hybridized carbons (Fsp3) is 0.0500. The molecule has 0 aromatic heterocycles. The van der Waals surface area contributed by atoms with Crippen LogP contribution in [-0.4, -0.2) is 5.11 Å². The molecular weight excluding hydrogens is 448 g/mol. The van der Waals surface area contributed by atoms with E-state index in [-0.39, 0.29) is 11.2 Å². The predicted octanol–water partition coefficient (Wildman–Crippen LogP) is 6.10. The van der Waals surface area contributed by atoms with Gasteiger partial charge in [0.1, 0.15) is 14.7 Å². The van der Waals surface area contributed by atoms with Crippen LogP contribution in [-0.2, 0) is 0 Å². The minimum Gasteiger partial charge on any atom is -0.507 e. The summed E-state index contributed by atoms with van der Waals surface area (Å²) in [6, 6.07) is 14.8. The second kappa shape index (κ2) is 6.00. The van der Waals surface area contributed by atoms with Gasteiger partial charge in [0.15, 0.2) is 16.8 Å². The Morgan fingerprint density at radius 2 is 1.68 bits per heavy atom. The Bertz CT molecular complexity index is 1160. The van der Waals surface area contributed by atoms with Crippen molar-refractivity contribution in [2.45, 2.75) is 6.92 Å². The van der Waals surface area contributed by atoms with Gasteiger partial charge in [-0.2, -0.15) is 0 Å². The number of hydrogen-bond acceptors (Lipinski definition) is 3. The number of benzene rings is 3. The average Bonchev–Trinajstić information content (AvgIpc) is 2.61. The summed E-state index contributed by atoms with van der Waals surface area (Å²) in [5.74, 6) is 0.547. The molecular formula is C20H12Br2O3. The summed E-state index contributed by atoms with van der Waals surface area (Å²) in [5.41, 5.74) is 4.32. The van der Waals surface area contributed by atoms with Gasteiger partial charge in [0.25, 0.3) is 0 Å². The van der Waals surface area contributed by atoms with E-state index in [9.17, 15) is 9.90 Å². The second-order valence-electron chi connectivity index (χ2n) is 5.82. The summed E-state index contributed by atoms with van der Waals surface area (Å²) in [5, 5.41) is 10.9. The molecule has 0 spiro atoms. The molecule has 5 heteroatoms. The molecule has 0 saturated heterocycles. The molecule has 0 atom stereocenters. The Morgan fingerprint density at radius 1 is 0.920 bits per heavy atom. The van der Waals surface area contributed by atoms with Crippen LogP contribution in [0.2, 0.25) is 0 Å². The smallest absolute Gasteiger partial charge is 0.196 e. The van der Waals surface area contributed by atoms with Crippen LogP contribution in [0, 0.1) is 6.92 Å². The van der Waals surface area contributed by atoms with Crippen LogP contribution in [0.15, 0.2) is 66.7 Å². The van der Waals surface area contributed by atoms with E-state index in [0.29, 0.717) is 20.3 Å². The SMILES string of the molecule is Cc1ccccc1-c1c2ccc(=O)c(Br)c-2oc2c(Br)c(O)ccc12. The molecule has 2 aliphatic rings. The molecule has 0 bridgehead atoms. The molecule has 3 nitrogen and oxygen atoms in total. The number of fused-ring (bicyclic) bond motifs is 2. The quantitative estimate of drug-likeness (QED) is 0.349. The number of halogens is 2. The first-order valence-electron chi connectivity index (χ1n) is 7.61. The van der Waals surface area contributed by atoms with Crippen molar-refractivity contribution in [2.24, 2.45) is 0 Å². The first-order valence-corrected chi connectivity index (χ1v) is 9.20. The molecule has 4 rings (SSSR count). The Kier molecular flexibility index (Phi) is 3.93. The molecule has 0 radical (unpaired) electrons. The number of phenolic OH excluding ortho intramolecular Hbond substituents is 1. The van der Waals surface area contributed by atoms with Crippen molar-refractivity contribution in [1.29, 1.82) is 0 Å². The zero-order valence-electron chi connectivity index (χ0n) is 13.1. The molecule has 0 unspecified atom stereocenters. The third kappa shape index (κ3) is 2.50. The van der Waals surface area contributed by atoms with Crippen LogP contribution in [0.25, 0.3) is 33.4 Å².